The molecule has 1 aliphatic carbocycles. The molecule has 0 spiro atoms. The lowest BCUT2D eigenvalue weighted by Gasteiger charge is -2.08. The van der Waals surface area contributed by atoms with Gasteiger partial charge in [0.25, 0.3) is 0 Å². The van der Waals surface area contributed by atoms with Gasteiger partial charge in [-0.25, -0.2) is 0 Å². The van der Waals surface area contributed by atoms with Crippen LogP contribution in [0.1, 0.15) is 24.1 Å². The summed E-state index contributed by atoms with van der Waals surface area (Å²) < 4.78 is 0. The number of hydrogen-bond donors (Lipinski definition) is 1. The predicted octanol–water partition coefficient (Wildman–Crippen LogP) is 3.07. The molecule has 1 fully saturated rings. The number of thiophene rings is 1. The Balaban J connectivity index is 1.81. The van der Waals surface area contributed by atoms with Gasteiger partial charge in [-0.2, -0.15) is 0 Å². The van der Waals surface area contributed by atoms with E-state index in [9.17, 15) is 0 Å². The van der Waals surface area contributed by atoms with Crippen LogP contribution in [-0.2, 0) is 6.42 Å². The summed E-state index contributed by atoms with van der Waals surface area (Å²) >= 11 is 7.72. The van der Waals surface area contributed by atoms with Gasteiger partial charge in [0.1, 0.15) is 0 Å². The van der Waals surface area contributed by atoms with Crippen molar-refractivity contribution in [2.75, 3.05) is 0 Å². The minimum atomic E-state index is 0.401. The zero-order valence-electron chi connectivity index (χ0n) is 7.50. The molecule has 0 bridgehead atoms. The third-order valence-electron chi connectivity index (χ3n) is 2.62. The van der Waals surface area contributed by atoms with Crippen LogP contribution >= 0.6 is 22.9 Å². The molecule has 0 amide bonds. The SMILES string of the molecule is NC(CCc1sccc1Cl)C1CC1. The smallest absolute Gasteiger partial charge is 0.0544 e. The summed E-state index contributed by atoms with van der Waals surface area (Å²) in [6, 6.07) is 2.36. The van der Waals surface area contributed by atoms with Gasteiger partial charge in [-0.15, -0.1) is 11.3 Å². The summed E-state index contributed by atoms with van der Waals surface area (Å²) in [6.45, 7) is 0. The molecule has 1 atom stereocenters. The maximum absolute atomic E-state index is 6.01. The van der Waals surface area contributed by atoms with E-state index in [1.807, 2.05) is 11.4 Å². The average Bonchev–Trinajstić information content (AvgIpc) is 2.88. The van der Waals surface area contributed by atoms with Crippen molar-refractivity contribution in [2.45, 2.75) is 31.7 Å². The van der Waals surface area contributed by atoms with Crippen molar-refractivity contribution in [1.29, 1.82) is 0 Å². The van der Waals surface area contributed by atoms with Crippen molar-refractivity contribution in [1.82, 2.24) is 0 Å². The highest BCUT2D eigenvalue weighted by Crippen LogP contribution is 2.34. The summed E-state index contributed by atoms with van der Waals surface area (Å²) in [6.07, 6.45) is 4.80. The van der Waals surface area contributed by atoms with Crippen LogP contribution in [0.4, 0.5) is 0 Å². The van der Waals surface area contributed by atoms with Crippen LogP contribution in [0.5, 0.6) is 0 Å². The largest absolute Gasteiger partial charge is 0.327 e. The number of rotatable bonds is 4. The molecule has 72 valence electrons. The van der Waals surface area contributed by atoms with Crippen molar-refractivity contribution in [3.05, 3.63) is 21.3 Å². The lowest BCUT2D eigenvalue weighted by Crippen LogP contribution is -2.22. The molecule has 2 N–H and O–H groups in total. The number of nitrogens with two attached hydrogens (primary N) is 1. The molecule has 1 saturated carbocycles. The molecule has 0 saturated heterocycles. The maximum atomic E-state index is 6.01. The van der Waals surface area contributed by atoms with Crippen LogP contribution in [0.15, 0.2) is 11.4 Å². The Morgan fingerprint density at radius 2 is 2.38 bits per heavy atom. The van der Waals surface area contributed by atoms with E-state index in [1.165, 1.54) is 17.7 Å². The summed E-state index contributed by atoms with van der Waals surface area (Å²) in [7, 11) is 0. The first-order chi connectivity index (χ1) is 6.27. The second kappa shape index (κ2) is 3.99. The van der Waals surface area contributed by atoms with Gasteiger partial charge in [-0.05, 0) is 43.0 Å². The zero-order valence-corrected chi connectivity index (χ0v) is 9.07. The van der Waals surface area contributed by atoms with E-state index >= 15 is 0 Å². The molecule has 1 aromatic heterocycles. The topological polar surface area (TPSA) is 26.0 Å². The van der Waals surface area contributed by atoms with Crippen molar-refractivity contribution in [3.63, 3.8) is 0 Å². The molecule has 3 heteroatoms. The predicted molar refractivity (Wildman–Crippen MR) is 58.3 cm³/mol. The summed E-state index contributed by atoms with van der Waals surface area (Å²) in [4.78, 5) is 1.29. The van der Waals surface area contributed by atoms with Crippen molar-refractivity contribution < 1.29 is 0 Å². The first kappa shape index (κ1) is 9.50. The molecule has 1 unspecified atom stereocenters. The highest BCUT2D eigenvalue weighted by molar-refractivity contribution is 7.10. The summed E-state index contributed by atoms with van der Waals surface area (Å²) in [5.74, 6) is 0.804. The fraction of sp³-hybridized carbons (Fsp3) is 0.600. The Morgan fingerprint density at radius 3 is 2.92 bits per heavy atom. The van der Waals surface area contributed by atoms with Crippen molar-refractivity contribution in [2.24, 2.45) is 11.7 Å². The van der Waals surface area contributed by atoms with Crippen LogP contribution in [0.3, 0.4) is 0 Å². The highest BCUT2D eigenvalue weighted by atomic mass is 35.5. The first-order valence-electron chi connectivity index (χ1n) is 4.75. The van der Waals surface area contributed by atoms with E-state index in [1.54, 1.807) is 11.3 Å². The van der Waals surface area contributed by atoms with Gasteiger partial charge >= 0.3 is 0 Å². The second-order valence-electron chi connectivity index (χ2n) is 3.73. The molecule has 0 radical (unpaired) electrons. The molecule has 13 heavy (non-hydrogen) atoms. The lowest BCUT2D eigenvalue weighted by molar-refractivity contribution is 0.552. The van der Waals surface area contributed by atoms with Crippen LogP contribution in [0.25, 0.3) is 0 Å². The van der Waals surface area contributed by atoms with E-state index in [0.717, 1.165) is 23.8 Å². The van der Waals surface area contributed by atoms with E-state index in [4.69, 9.17) is 17.3 Å². The Morgan fingerprint density at radius 1 is 1.62 bits per heavy atom. The zero-order chi connectivity index (χ0) is 9.26. The van der Waals surface area contributed by atoms with Crippen LogP contribution in [0, 0.1) is 5.92 Å². The average molecular weight is 216 g/mol. The van der Waals surface area contributed by atoms with Gasteiger partial charge in [-0.3, -0.25) is 0 Å². The Bertz CT molecular complexity index is 280. The van der Waals surface area contributed by atoms with E-state index in [-0.39, 0.29) is 0 Å². The van der Waals surface area contributed by atoms with Crippen molar-refractivity contribution >= 4 is 22.9 Å². The van der Waals surface area contributed by atoms with Gasteiger partial charge in [0, 0.05) is 10.9 Å². The normalized spacial score (nSPS) is 18.9. The van der Waals surface area contributed by atoms with Gasteiger partial charge in [-0.1, -0.05) is 11.6 Å². The molecule has 1 aliphatic rings. The third-order valence-corrected chi connectivity index (χ3v) is 4.07. The van der Waals surface area contributed by atoms with Gasteiger partial charge in [0.05, 0.1) is 5.02 Å². The van der Waals surface area contributed by atoms with Crippen LogP contribution in [0.2, 0.25) is 5.02 Å². The van der Waals surface area contributed by atoms with Gasteiger partial charge in [0.15, 0.2) is 0 Å². The number of halogens is 1. The molecular formula is C10H14ClNS. The minimum absolute atomic E-state index is 0.401. The molecule has 1 aromatic rings. The van der Waals surface area contributed by atoms with Gasteiger partial charge < -0.3 is 5.73 Å². The molecule has 1 heterocycles. The van der Waals surface area contributed by atoms with E-state index in [2.05, 4.69) is 0 Å². The Kier molecular flexibility index (Phi) is 2.92. The number of hydrogen-bond acceptors (Lipinski definition) is 2. The number of aryl methyl sites for hydroxylation is 1. The van der Waals surface area contributed by atoms with E-state index in [0.29, 0.717) is 6.04 Å². The molecule has 0 aliphatic heterocycles. The van der Waals surface area contributed by atoms with Crippen LogP contribution in [-0.4, -0.2) is 6.04 Å². The lowest BCUT2D eigenvalue weighted by atomic mass is 10.1. The second-order valence-corrected chi connectivity index (χ2v) is 5.14. The third kappa shape index (κ3) is 2.46. The molecular weight excluding hydrogens is 202 g/mol. The van der Waals surface area contributed by atoms with Crippen LogP contribution < -0.4 is 5.73 Å². The fourth-order valence-electron chi connectivity index (χ4n) is 1.56. The Hall–Kier alpha value is -0.0500. The molecule has 1 nitrogen and oxygen atoms in total. The van der Waals surface area contributed by atoms with E-state index < -0.39 is 0 Å². The fourth-order valence-corrected chi connectivity index (χ4v) is 2.71. The standard InChI is InChI=1S/C10H14ClNS/c11-8-5-6-13-10(8)4-3-9(12)7-1-2-7/h5-7,9H,1-4,12H2. The first-order valence-corrected chi connectivity index (χ1v) is 6.00. The maximum Gasteiger partial charge on any atom is 0.0544 e. The highest BCUT2D eigenvalue weighted by Gasteiger charge is 2.28. The monoisotopic (exact) mass is 215 g/mol. The minimum Gasteiger partial charge on any atom is -0.327 e. The summed E-state index contributed by atoms with van der Waals surface area (Å²) in [5.41, 5.74) is 6.01. The van der Waals surface area contributed by atoms with Crippen molar-refractivity contribution in [3.8, 4) is 0 Å². The molecule has 0 aromatic carbocycles. The van der Waals surface area contributed by atoms with Gasteiger partial charge in [0.2, 0.25) is 0 Å². The quantitative estimate of drug-likeness (QED) is 0.821. The summed E-state index contributed by atoms with van der Waals surface area (Å²) in [5, 5.41) is 2.95. The Labute approximate surface area is 87.9 Å². The molecule has 2 rings (SSSR count).